The molecule has 26 heavy (non-hydrogen) atoms. The summed E-state index contributed by atoms with van der Waals surface area (Å²) >= 11 is 0. The molecule has 0 bridgehead atoms. The molecule has 0 radical (unpaired) electrons. The van der Waals surface area contributed by atoms with Gasteiger partial charge in [-0.2, -0.15) is 0 Å². The molecule has 1 N–H and O–H groups in total. The first-order chi connectivity index (χ1) is 12.7. The fraction of sp³-hybridized carbons (Fsp3) is 0.211. The number of hydrogen-bond acceptors (Lipinski definition) is 6. The van der Waals surface area contributed by atoms with Crippen molar-refractivity contribution in [3.63, 3.8) is 0 Å². The molecule has 7 nitrogen and oxygen atoms in total. The van der Waals surface area contributed by atoms with E-state index in [-0.39, 0.29) is 12.5 Å². The Balaban J connectivity index is 1.40. The Morgan fingerprint density at radius 2 is 1.77 bits per heavy atom. The van der Waals surface area contributed by atoms with E-state index in [1.165, 1.54) is 0 Å². The maximum absolute atomic E-state index is 11.8. The highest BCUT2D eigenvalue weighted by atomic mass is 16.5. The van der Waals surface area contributed by atoms with Crippen LogP contribution in [0.15, 0.2) is 59.0 Å². The van der Waals surface area contributed by atoms with Crippen molar-refractivity contribution in [3.05, 3.63) is 60.5 Å². The smallest absolute Gasteiger partial charge is 0.257 e. The second-order valence-electron chi connectivity index (χ2n) is 5.43. The molecule has 0 atom stereocenters. The molecule has 0 spiro atoms. The SMILES string of the molecule is COc1ccc(OCC(=O)NCCc2nnc(-c3ccccc3)o2)cc1. The summed E-state index contributed by atoms with van der Waals surface area (Å²) in [5.41, 5.74) is 0.864. The lowest BCUT2D eigenvalue weighted by atomic mass is 10.2. The molecular weight excluding hydrogens is 334 g/mol. The van der Waals surface area contributed by atoms with Crippen LogP contribution in [0, 0.1) is 0 Å². The molecule has 1 heterocycles. The van der Waals surface area contributed by atoms with Gasteiger partial charge in [0.15, 0.2) is 6.61 Å². The molecule has 0 aliphatic carbocycles. The van der Waals surface area contributed by atoms with Crippen molar-refractivity contribution in [2.45, 2.75) is 6.42 Å². The predicted molar refractivity (Wildman–Crippen MR) is 94.9 cm³/mol. The first kappa shape index (κ1) is 17.5. The maximum atomic E-state index is 11.8. The molecule has 1 amide bonds. The fourth-order valence-electron chi connectivity index (χ4n) is 2.23. The Morgan fingerprint density at radius 1 is 1.04 bits per heavy atom. The van der Waals surface area contributed by atoms with E-state index in [1.807, 2.05) is 30.3 Å². The number of amides is 1. The third-order valence-electron chi connectivity index (χ3n) is 3.58. The van der Waals surface area contributed by atoms with Crippen LogP contribution in [0.1, 0.15) is 5.89 Å². The van der Waals surface area contributed by atoms with Crippen molar-refractivity contribution < 1.29 is 18.7 Å². The number of nitrogens with zero attached hydrogens (tertiary/aromatic N) is 2. The molecule has 7 heteroatoms. The van der Waals surface area contributed by atoms with Crippen LogP contribution in [0.2, 0.25) is 0 Å². The molecule has 2 aromatic carbocycles. The Labute approximate surface area is 151 Å². The predicted octanol–water partition coefficient (Wildman–Crippen LogP) is 2.48. The van der Waals surface area contributed by atoms with E-state index in [0.29, 0.717) is 30.5 Å². The van der Waals surface area contributed by atoms with Crippen LogP contribution in [0.4, 0.5) is 0 Å². The van der Waals surface area contributed by atoms with Crippen LogP contribution < -0.4 is 14.8 Å². The number of ether oxygens (including phenoxy) is 2. The Bertz CT molecular complexity index is 832. The standard InChI is InChI=1S/C19H19N3O4/c1-24-15-7-9-16(10-8-15)25-13-17(23)20-12-11-18-21-22-19(26-18)14-5-3-2-4-6-14/h2-10H,11-13H2,1H3,(H,20,23). The van der Waals surface area contributed by atoms with Gasteiger partial charge in [0.1, 0.15) is 11.5 Å². The van der Waals surface area contributed by atoms with Gasteiger partial charge in [0.05, 0.1) is 7.11 Å². The second-order valence-corrected chi connectivity index (χ2v) is 5.43. The van der Waals surface area contributed by atoms with Crippen molar-refractivity contribution in [2.24, 2.45) is 0 Å². The number of nitrogens with one attached hydrogen (secondary N) is 1. The van der Waals surface area contributed by atoms with Gasteiger partial charge >= 0.3 is 0 Å². The highest BCUT2D eigenvalue weighted by Gasteiger charge is 2.09. The van der Waals surface area contributed by atoms with Crippen LogP contribution in [0.25, 0.3) is 11.5 Å². The van der Waals surface area contributed by atoms with Gasteiger partial charge in [0, 0.05) is 18.5 Å². The van der Waals surface area contributed by atoms with Crippen molar-refractivity contribution in [1.29, 1.82) is 0 Å². The van der Waals surface area contributed by atoms with Gasteiger partial charge in [0.25, 0.3) is 5.91 Å². The summed E-state index contributed by atoms with van der Waals surface area (Å²) in [7, 11) is 1.59. The van der Waals surface area contributed by atoms with E-state index in [9.17, 15) is 4.79 Å². The normalized spacial score (nSPS) is 10.3. The maximum Gasteiger partial charge on any atom is 0.257 e. The molecule has 0 aliphatic rings. The number of methoxy groups -OCH3 is 1. The Hall–Kier alpha value is -3.35. The van der Waals surface area contributed by atoms with Crippen molar-refractivity contribution in [1.82, 2.24) is 15.5 Å². The summed E-state index contributed by atoms with van der Waals surface area (Å²) in [6.45, 7) is 0.326. The molecule has 0 saturated heterocycles. The fourth-order valence-corrected chi connectivity index (χ4v) is 2.23. The summed E-state index contributed by atoms with van der Waals surface area (Å²) in [5.74, 6) is 2.06. The summed E-state index contributed by atoms with van der Waals surface area (Å²) in [6, 6.07) is 16.6. The minimum Gasteiger partial charge on any atom is -0.497 e. The largest absolute Gasteiger partial charge is 0.497 e. The average molecular weight is 353 g/mol. The van der Waals surface area contributed by atoms with E-state index in [4.69, 9.17) is 13.9 Å². The zero-order valence-corrected chi connectivity index (χ0v) is 14.3. The average Bonchev–Trinajstić information content (AvgIpc) is 3.16. The zero-order valence-electron chi connectivity index (χ0n) is 14.3. The number of rotatable bonds is 8. The quantitative estimate of drug-likeness (QED) is 0.669. The third kappa shape index (κ3) is 4.83. The van der Waals surface area contributed by atoms with Crippen molar-refractivity contribution in [2.75, 3.05) is 20.3 Å². The van der Waals surface area contributed by atoms with Gasteiger partial charge < -0.3 is 19.2 Å². The molecule has 3 aromatic rings. The highest BCUT2D eigenvalue weighted by Crippen LogP contribution is 2.17. The monoisotopic (exact) mass is 353 g/mol. The Kier molecular flexibility index (Phi) is 5.82. The van der Waals surface area contributed by atoms with Gasteiger partial charge in [0.2, 0.25) is 11.8 Å². The van der Waals surface area contributed by atoms with E-state index in [2.05, 4.69) is 15.5 Å². The summed E-state index contributed by atoms with van der Waals surface area (Å²) in [5, 5.41) is 10.8. The van der Waals surface area contributed by atoms with Crippen LogP contribution in [0.5, 0.6) is 11.5 Å². The minimum absolute atomic E-state index is 0.0641. The van der Waals surface area contributed by atoms with E-state index >= 15 is 0 Å². The Morgan fingerprint density at radius 3 is 2.50 bits per heavy atom. The molecule has 0 saturated carbocycles. The minimum atomic E-state index is -0.219. The van der Waals surface area contributed by atoms with Gasteiger partial charge in [-0.25, -0.2) is 0 Å². The molecule has 3 rings (SSSR count). The number of carbonyl (C=O) groups is 1. The van der Waals surface area contributed by atoms with Crippen LogP contribution in [-0.2, 0) is 11.2 Å². The first-order valence-corrected chi connectivity index (χ1v) is 8.16. The van der Waals surface area contributed by atoms with Crippen LogP contribution in [-0.4, -0.2) is 36.4 Å². The molecular formula is C19H19N3O4. The lowest BCUT2D eigenvalue weighted by molar-refractivity contribution is -0.123. The van der Waals surface area contributed by atoms with Gasteiger partial charge in [-0.05, 0) is 36.4 Å². The lowest BCUT2D eigenvalue weighted by Crippen LogP contribution is -2.30. The summed E-state index contributed by atoms with van der Waals surface area (Å²) in [6.07, 6.45) is 0.452. The van der Waals surface area contributed by atoms with Gasteiger partial charge in [-0.15, -0.1) is 10.2 Å². The lowest BCUT2D eigenvalue weighted by Gasteiger charge is -2.07. The van der Waals surface area contributed by atoms with E-state index in [1.54, 1.807) is 31.4 Å². The van der Waals surface area contributed by atoms with E-state index in [0.717, 1.165) is 11.3 Å². The van der Waals surface area contributed by atoms with Crippen molar-refractivity contribution in [3.8, 4) is 23.0 Å². The second kappa shape index (κ2) is 8.66. The molecule has 1 aromatic heterocycles. The third-order valence-corrected chi connectivity index (χ3v) is 3.58. The number of aromatic nitrogens is 2. The number of benzene rings is 2. The topological polar surface area (TPSA) is 86.5 Å². The molecule has 134 valence electrons. The van der Waals surface area contributed by atoms with E-state index < -0.39 is 0 Å². The van der Waals surface area contributed by atoms with Crippen LogP contribution in [0.3, 0.4) is 0 Å². The van der Waals surface area contributed by atoms with Crippen LogP contribution >= 0.6 is 0 Å². The van der Waals surface area contributed by atoms with Gasteiger partial charge in [-0.3, -0.25) is 4.79 Å². The van der Waals surface area contributed by atoms with Crippen molar-refractivity contribution >= 4 is 5.91 Å². The molecule has 0 unspecified atom stereocenters. The number of carbonyl (C=O) groups excluding carboxylic acids is 1. The molecule has 0 aliphatic heterocycles. The highest BCUT2D eigenvalue weighted by molar-refractivity contribution is 5.77. The summed E-state index contributed by atoms with van der Waals surface area (Å²) < 4.78 is 16.1. The molecule has 0 fully saturated rings. The number of hydrogen-bond donors (Lipinski definition) is 1. The first-order valence-electron chi connectivity index (χ1n) is 8.16. The zero-order chi connectivity index (χ0) is 18.2. The van der Waals surface area contributed by atoms with Gasteiger partial charge in [-0.1, -0.05) is 18.2 Å². The summed E-state index contributed by atoms with van der Waals surface area (Å²) in [4.78, 5) is 11.8.